The Labute approximate surface area is 127 Å². The Balaban J connectivity index is 1.95. The first-order chi connectivity index (χ1) is 9.75. The quantitative estimate of drug-likeness (QED) is 0.435. The molecule has 1 heterocycles. The predicted molar refractivity (Wildman–Crippen MR) is 86.9 cm³/mol. The van der Waals surface area contributed by atoms with Crippen LogP contribution in [0.15, 0.2) is 0 Å². The summed E-state index contributed by atoms with van der Waals surface area (Å²) < 4.78 is 2.04. The Bertz CT molecular complexity index is 316. The molecule has 0 saturated heterocycles. The van der Waals surface area contributed by atoms with E-state index in [1.807, 2.05) is 4.58 Å². The zero-order valence-electron chi connectivity index (χ0n) is 12.9. The van der Waals surface area contributed by atoms with Crippen molar-refractivity contribution in [3.05, 3.63) is 0 Å². The Morgan fingerprint density at radius 3 is 2.15 bits per heavy atom. The van der Waals surface area contributed by atoms with Gasteiger partial charge in [0.1, 0.15) is 6.54 Å². The molecule has 1 rings (SSSR count). The van der Waals surface area contributed by atoms with Gasteiger partial charge < -0.3 is 5.11 Å². The van der Waals surface area contributed by atoms with E-state index in [-0.39, 0.29) is 0 Å². The number of hydrogen-bond donors (Lipinski definition) is 1. The van der Waals surface area contributed by atoms with Crippen LogP contribution in [0.3, 0.4) is 0 Å². The van der Waals surface area contributed by atoms with Gasteiger partial charge in [-0.3, -0.25) is 0 Å². The van der Waals surface area contributed by atoms with Crippen molar-refractivity contribution >= 4 is 22.8 Å². The van der Waals surface area contributed by atoms with Crippen molar-refractivity contribution in [2.45, 2.75) is 71.1 Å². The SMILES string of the molecule is CCCCCCCCCCCC[N+]1=C(C(=O)O)SCC1. The first-order valence-electron chi connectivity index (χ1n) is 8.23. The second-order valence-corrected chi connectivity index (χ2v) is 6.71. The summed E-state index contributed by atoms with van der Waals surface area (Å²) in [4.78, 5) is 11.0. The van der Waals surface area contributed by atoms with Crippen LogP contribution in [0.25, 0.3) is 0 Å². The van der Waals surface area contributed by atoms with Crippen LogP contribution in [-0.2, 0) is 4.79 Å². The van der Waals surface area contributed by atoms with Crippen LogP contribution < -0.4 is 0 Å². The molecule has 3 nitrogen and oxygen atoms in total. The summed E-state index contributed by atoms with van der Waals surface area (Å²) in [5, 5.41) is 9.60. The fraction of sp³-hybridized carbons (Fsp3) is 0.875. The number of nitrogens with zero attached hydrogens (tertiary/aromatic N) is 1. The van der Waals surface area contributed by atoms with Gasteiger partial charge in [-0.2, -0.15) is 0 Å². The molecule has 0 aliphatic carbocycles. The molecule has 1 aliphatic rings. The lowest BCUT2D eigenvalue weighted by molar-refractivity contribution is -0.517. The maximum Gasteiger partial charge on any atom is 0.408 e. The topological polar surface area (TPSA) is 40.3 Å². The Morgan fingerprint density at radius 1 is 1.05 bits per heavy atom. The summed E-state index contributed by atoms with van der Waals surface area (Å²) in [6, 6.07) is 0. The standard InChI is InChI=1S/C16H29NO2S/c1-2-3-4-5-6-7-8-9-10-11-12-17-13-14-20-15(17)16(18)19/h2-14H2,1H3/p+1. The second-order valence-electron chi connectivity index (χ2n) is 5.63. The molecule has 0 aromatic rings. The maximum atomic E-state index is 11.0. The fourth-order valence-electron chi connectivity index (χ4n) is 2.65. The molecule has 0 bridgehead atoms. The number of aliphatic carboxylic acids is 1. The van der Waals surface area contributed by atoms with Crippen molar-refractivity contribution in [3.8, 4) is 0 Å². The van der Waals surface area contributed by atoms with Gasteiger partial charge in [-0.05, 0) is 18.2 Å². The van der Waals surface area contributed by atoms with Gasteiger partial charge in [0.15, 0.2) is 6.54 Å². The number of thioether (sulfide) groups is 1. The summed E-state index contributed by atoms with van der Waals surface area (Å²) >= 11 is 1.48. The summed E-state index contributed by atoms with van der Waals surface area (Å²) in [5.74, 6) is 0.180. The molecule has 0 radical (unpaired) electrons. The van der Waals surface area contributed by atoms with E-state index >= 15 is 0 Å². The highest BCUT2D eigenvalue weighted by atomic mass is 32.2. The number of hydrogen-bond acceptors (Lipinski definition) is 2. The lowest BCUT2D eigenvalue weighted by atomic mass is 10.1. The third kappa shape index (κ3) is 7.32. The van der Waals surface area contributed by atoms with Gasteiger partial charge in [0, 0.05) is 6.42 Å². The summed E-state index contributed by atoms with van der Waals surface area (Å²) in [6.07, 6.45) is 13.3. The number of carboxylic acids is 1. The molecular weight excluding hydrogens is 270 g/mol. The molecule has 20 heavy (non-hydrogen) atoms. The van der Waals surface area contributed by atoms with Gasteiger partial charge in [-0.1, -0.05) is 58.3 Å². The maximum absolute atomic E-state index is 11.0. The third-order valence-electron chi connectivity index (χ3n) is 3.85. The lowest BCUT2D eigenvalue weighted by Crippen LogP contribution is -2.22. The van der Waals surface area contributed by atoms with Crippen LogP contribution in [0.4, 0.5) is 0 Å². The minimum atomic E-state index is -0.750. The largest absolute Gasteiger partial charge is 0.473 e. The molecule has 0 amide bonds. The molecule has 0 atom stereocenters. The molecule has 0 spiro atoms. The van der Waals surface area contributed by atoms with Gasteiger partial charge in [-0.15, -0.1) is 0 Å². The van der Waals surface area contributed by atoms with E-state index in [1.165, 1.54) is 69.5 Å². The van der Waals surface area contributed by atoms with Crippen molar-refractivity contribution in [2.24, 2.45) is 0 Å². The van der Waals surface area contributed by atoms with Crippen LogP contribution >= 0.6 is 11.8 Å². The normalized spacial score (nSPS) is 15.1. The van der Waals surface area contributed by atoms with E-state index in [9.17, 15) is 4.79 Å². The van der Waals surface area contributed by atoms with E-state index < -0.39 is 5.97 Å². The number of carboxylic acid groups (broad SMARTS) is 1. The molecule has 1 aliphatic heterocycles. The third-order valence-corrected chi connectivity index (χ3v) is 4.94. The van der Waals surface area contributed by atoms with Gasteiger partial charge in [0.25, 0.3) is 0 Å². The molecule has 1 N–H and O–H groups in total. The van der Waals surface area contributed by atoms with Gasteiger partial charge in [-0.25, -0.2) is 9.37 Å². The molecule has 0 fully saturated rings. The summed E-state index contributed by atoms with van der Waals surface area (Å²) in [7, 11) is 0. The van der Waals surface area contributed by atoms with Gasteiger partial charge in [0.05, 0.1) is 5.75 Å². The first kappa shape index (κ1) is 17.5. The molecule has 116 valence electrons. The highest BCUT2D eigenvalue weighted by Gasteiger charge is 2.28. The van der Waals surface area contributed by atoms with Crippen molar-refractivity contribution in [1.82, 2.24) is 0 Å². The van der Waals surface area contributed by atoms with Gasteiger partial charge >= 0.3 is 11.0 Å². The summed E-state index contributed by atoms with van der Waals surface area (Å²) in [6.45, 7) is 4.08. The van der Waals surface area contributed by atoms with E-state index in [1.54, 1.807) is 0 Å². The molecule has 0 aromatic heterocycles. The molecule has 0 saturated carbocycles. The van der Waals surface area contributed by atoms with Gasteiger partial charge in [0.2, 0.25) is 0 Å². The number of carbonyl (C=O) groups is 1. The number of rotatable bonds is 12. The van der Waals surface area contributed by atoms with Crippen LogP contribution in [0.2, 0.25) is 0 Å². The zero-order chi connectivity index (χ0) is 14.6. The molecule has 4 heteroatoms. The van der Waals surface area contributed by atoms with Crippen LogP contribution in [-0.4, -0.2) is 39.5 Å². The van der Waals surface area contributed by atoms with E-state index in [0.29, 0.717) is 5.04 Å². The minimum absolute atomic E-state index is 0.556. The van der Waals surface area contributed by atoms with Crippen LogP contribution in [0, 0.1) is 0 Å². The average Bonchev–Trinajstić information content (AvgIpc) is 2.89. The van der Waals surface area contributed by atoms with E-state index in [0.717, 1.165) is 25.3 Å². The van der Waals surface area contributed by atoms with Crippen molar-refractivity contribution in [2.75, 3.05) is 18.8 Å². The smallest absolute Gasteiger partial charge is 0.408 e. The van der Waals surface area contributed by atoms with Crippen molar-refractivity contribution < 1.29 is 14.5 Å². The highest BCUT2D eigenvalue weighted by molar-refractivity contribution is 8.15. The van der Waals surface area contributed by atoms with Crippen molar-refractivity contribution in [1.29, 1.82) is 0 Å². The second kappa shape index (κ2) is 11.2. The lowest BCUT2D eigenvalue weighted by Gasteiger charge is -2.02. The van der Waals surface area contributed by atoms with Crippen molar-refractivity contribution in [3.63, 3.8) is 0 Å². The fourth-order valence-corrected chi connectivity index (χ4v) is 3.64. The number of unbranched alkanes of at least 4 members (excludes halogenated alkanes) is 9. The van der Waals surface area contributed by atoms with E-state index in [4.69, 9.17) is 5.11 Å². The molecular formula is C16H30NO2S+. The van der Waals surface area contributed by atoms with Crippen LogP contribution in [0.1, 0.15) is 71.1 Å². The average molecular weight is 300 g/mol. The Hall–Kier alpha value is -0.510. The Morgan fingerprint density at radius 2 is 1.60 bits per heavy atom. The van der Waals surface area contributed by atoms with Crippen LogP contribution in [0.5, 0.6) is 0 Å². The highest BCUT2D eigenvalue weighted by Crippen LogP contribution is 2.14. The summed E-state index contributed by atoms with van der Waals surface area (Å²) in [5.41, 5.74) is 0. The minimum Gasteiger partial charge on any atom is -0.473 e. The monoisotopic (exact) mass is 300 g/mol. The zero-order valence-corrected chi connectivity index (χ0v) is 13.7. The molecule has 0 aromatic carbocycles. The predicted octanol–water partition coefficient (Wildman–Crippen LogP) is 4.15. The molecule has 0 unspecified atom stereocenters. The first-order valence-corrected chi connectivity index (χ1v) is 9.22. The Kier molecular flexibility index (Phi) is 9.81. The van der Waals surface area contributed by atoms with E-state index in [2.05, 4.69) is 6.92 Å².